The lowest BCUT2D eigenvalue weighted by molar-refractivity contribution is -0.148. The molecular weight excluding hydrogens is 204 g/mol. The van der Waals surface area contributed by atoms with Crippen molar-refractivity contribution in [1.82, 2.24) is 10.2 Å². The SMILES string of the molecule is CC(C)OC(=O)CN1CC2CNCC2C1C. The van der Waals surface area contributed by atoms with Gasteiger partial charge in [0.25, 0.3) is 0 Å². The minimum Gasteiger partial charge on any atom is -0.462 e. The molecule has 3 atom stereocenters. The van der Waals surface area contributed by atoms with Gasteiger partial charge < -0.3 is 10.1 Å². The van der Waals surface area contributed by atoms with Gasteiger partial charge in [-0.2, -0.15) is 0 Å². The molecule has 0 amide bonds. The number of nitrogens with zero attached hydrogens (tertiary/aromatic N) is 1. The molecule has 2 aliphatic rings. The van der Waals surface area contributed by atoms with Crippen LogP contribution in [0.2, 0.25) is 0 Å². The smallest absolute Gasteiger partial charge is 0.320 e. The number of esters is 1. The number of nitrogens with one attached hydrogen (secondary N) is 1. The van der Waals surface area contributed by atoms with Crippen LogP contribution in [0, 0.1) is 11.8 Å². The van der Waals surface area contributed by atoms with E-state index in [-0.39, 0.29) is 12.1 Å². The minimum absolute atomic E-state index is 0.00780. The number of rotatable bonds is 3. The highest BCUT2D eigenvalue weighted by molar-refractivity contribution is 5.71. The Morgan fingerprint density at radius 2 is 2.25 bits per heavy atom. The Labute approximate surface area is 97.3 Å². The molecule has 2 saturated heterocycles. The zero-order chi connectivity index (χ0) is 11.7. The van der Waals surface area contributed by atoms with Gasteiger partial charge in [-0.3, -0.25) is 9.69 Å². The van der Waals surface area contributed by atoms with Crippen molar-refractivity contribution in [3.8, 4) is 0 Å². The Kier molecular flexibility index (Phi) is 3.50. The molecule has 0 aromatic carbocycles. The van der Waals surface area contributed by atoms with Crippen molar-refractivity contribution < 1.29 is 9.53 Å². The van der Waals surface area contributed by atoms with Crippen LogP contribution < -0.4 is 5.32 Å². The highest BCUT2D eigenvalue weighted by Crippen LogP contribution is 2.31. The molecular formula is C12H22N2O2. The lowest BCUT2D eigenvalue weighted by atomic mass is 9.95. The minimum atomic E-state index is -0.0882. The Morgan fingerprint density at radius 3 is 2.88 bits per heavy atom. The number of hydrogen-bond donors (Lipinski definition) is 1. The molecule has 16 heavy (non-hydrogen) atoms. The van der Waals surface area contributed by atoms with Crippen molar-refractivity contribution in [3.05, 3.63) is 0 Å². The van der Waals surface area contributed by atoms with Crippen LogP contribution in [-0.2, 0) is 9.53 Å². The Balaban J connectivity index is 1.85. The standard InChI is InChI=1S/C12H22N2O2/c1-8(2)16-12(15)7-14-6-10-4-13-5-11(10)9(14)3/h8-11,13H,4-7H2,1-3H3. The van der Waals surface area contributed by atoms with E-state index in [0.717, 1.165) is 25.6 Å². The van der Waals surface area contributed by atoms with Crippen molar-refractivity contribution in [2.45, 2.75) is 32.9 Å². The van der Waals surface area contributed by atoms with E-state index in [1.54, 1.807) is 0 Å². The van der Waals surface area contributed by atoms with E-state index >= 15 is 0 Å². The summed E-state index contributed by atoms with van der Waals surface area (Å²) in [6, 6.07) is 0.500. The van der Waals surface area contributed by atoms with Crippen molar-refractivity contribution >= 4 is 5.97 Å². The molecule has 0 bridgehead atoms. The summed E-state index contributed by atoms with van der Waals surface area (Å²) >= 11 is 0. The summed E-state index contributed by atoms with van der Waals surface area (Å²) in [5.41, 5.74) is 0. The third kappa shape index (κ3) is 2.38. The molecule has 0 saturated carbocycles. The number of hydrogen-bond acceptors (Lipinski definition) is 4. The van der Waals surface area contributed by atoms with E-state index < -0.39 is 0 Å². The fourth-order valence-electron chi connectivity index (χ4n) is 2.93. The van der Waals surface area contributed by atoms with Crippen molar-refractivity contribution in [3.63, 3.8) is 0 Å². The van der Waals surface area contributed by atoms with Crippen LogP contribution in [0.1, 0.15) is 20.8 Å². The monoisotopic (exact) mass is 226 g/mol. The third-order valence-electron chi connectivity index (χ3n) is 3.76. The van der Waals surface area contributed by atoms with Gasteiger partial charge in [-0.05, 0) is 45.7 Å². The normalized spacial score (nSPS) is 34.4. The lowest BCUT2D eigenvalue weighted by Gasteiger charge is -2.23. The van der Waals surface area contributed by atoms with E-state index in [1.807, 2.05) is 13.8 Å². The maximum absolute atomic E-state index is 11.6. The van der Waals surface area contributed by atoms with Gasteiger partial charge >= 0.3 is 5.97 Å². The predicted molar refractivity (Wildman–Crippen MR) is 62.1 cm³/mol. The van der Waals surface area contributed by atoms with Gasteiger partial charge in [0.05, 0.1) is 12.6 Å². The maximum Gasteiger partial charge on any atom is 0.320 e. The van der Waals surface area contributed by atoms with Crippen LogP contribution in [0.3, 0.4) is 0 Å². The summed E-state index contributed by atoms with van der Waals surface area (Å²) in [4.78, 5) is 13.9. The summed E-state index contributed by atoms with van der Waals surface area (Å²) in [6.45, 7) is 9.69. The second kappa shape index (κ2) is 4.72. The van der Waals surface area contributed by atoms with E-state index in [0.29, 0.717) is 18.5 Å². The molecule has 4 nitrogen and oxygen atoms in total. The molecule has 3 unspecified atom stereocenters. The highest BCUT2D eigenvalue weighted by Gasteiger charge is 2.42. The molecule has 0 spiro atoms. The van der Waals surface area contributed by atoms with E-state index in [4.69, 9.17) is 4.74 Å². The van der Waals surface area contributed by atoms with E-state index in [1.165, 1.54) is 0 Å². The summed E-state index contributed by atoms with van der Waals surface area (Å²) in [6.07, 6.45) is -0.00780. The molecule has 2 aliphatic heterocycles. The summed E-state index contributed by atoms with van der Waals surface area (Å²) in [5, 5.41) is 3.42. The molecule has 92 valence electrons. The number of ether oxygens (including phenoxy) is 1. The van der Waals surface area contributed by atoms with Gasteiger partial charge in [0.15, 0.2) is 0 Å². The molecule has 2 heterocycles. The average Bonchev–Trinajstić information content (AvgIpc) is 2.70. The zero-order valence-electron chi connectivity index (χ0n) is 10.4. The fraction of sp³-hybridized carbons (Fsp3) is 0.917. The Hall–Kier alpha value is -0.610. The molecule has 0 aromatic rings. The first kappa shape index (κ1) is 11.9. The fourth-order valence-corrected chi connectivity index (χ4v) is 2.93. The molecule has 0 radical (unpaired) electrons. The number of fused-ring (bicyclic) bond motifs is 1. The zero-order valence-corrected chi connectivity index (χ0v) is 10.4. The molecule has 2 rings (SSSR count). The summed E-state index contributed by atoms with van der Waals surface area (Å²) in [7, 11) is 0. The number of carbonyl (C=O) groups is 1. The first-order valence-corrected chi connectivity index (χ1v) is 6.22. The molecule has 4 heteroatoms. The van der Waals surface area contributed by atoms with Crippen molar-refractivity contribution in [2.75, 3.05) is 26.2 Å². The Morgan fingerprint density at radius 1 is 1.50 bits per heavy atom. The average molecular weight is 226 g/mol. The van der Waals surface area contributed by atoms with Gasteiger partial charge in [0.1, 0.15) is 0 Å². The quantitative estimate of drug-likeness (QED) is 0.711. The molecule has 2 fully saturated rings. The molecule has 0 aromatic heterocycles. The third-order valence-corrected chi connectivity index (χ3v) is 3.76. The van der Waals surface area contributed by atoms with E-state index in [2.05, 4.69) is 17.1 Å². The first-order chi connectivity index (χ1) is 7.58. The van der Waals surface area contributed by atoms with Crippen LogP contribution in [0.25, 0.3) is 0 Å². The largest absolute Gasteiger partial charge is 0.462 e. The second-order valence-corrected chi connectivity index (χ2v) is 5.29. The van der Waals surface area contributed by atoms with Crippen LogP contribution in [0.15, 0.2) is 0 Å². The summed E-state index contributed by atoms with van der Waals surface area (Å²) in [5.74, 6) is 1.35. The maximum atomic E-state index is 11.6. The van der Waals surface area contributed by atoms with Gasteiger partial charge in [0.2, 0.25) is 0 Å². The molecule has 0 aliphatic carbocycles. The van der Waals surface area contributed by atoms with Gasteiger partial charge in [-0.1, -0.05) is 0 Å². The van der Waals surface area contributed by atoms with Crippen molar-refractivity contribution in [2.24, 2.45) is 11.8 Å². The van der Waals surface area contributed by atoms with Crippen molar-refractivity contribution in [1.29, 1.82) is 0 Å². The number of carbonyl (C=O) groups excluding carboxylic acids is 1. The van der Waals surface area contributed by atoms with E-state index in [9.17, 15) is 4.79 Å². The Bertz CT molecular complexity index is 268. The molecule has 1 N–H and O–H groups in total. The van der Waals surface area contributed by atoms with Crippen LogP contribution in [-0.4, -0.2) is 49.2 Å². The van der Waals surface area contributed by atoms with Gasteiger partial charge in [0, 0.05) is 12.6 Å². The predicted octanol–water partition coefficient (Wildman–Crippen LogP) is 0.478. The lowest BCUT2D eigenvalue weighted by Crippen LogP contribution is -2.38. The van der Waals surface area contributed by atoms with Crippen LogP contribution in [0.5, 0.6) is 0 Å². The van der Waals surface area contributed by atoms with Crippen LogP contribution >= 0.6 is 0 Å². The topological polar surface area (TPSA) is 41.6 Å². The summed E-state index contributed by atoms with van der Waals surface area (Å²) < 4.78 is 5.19. The second-order valence-electron chi connectivity index (χ2n) is 5.29. The first-order valence-electron chi connectivity index (χ1n) is 6.22. The highest BCUT2D eigenvalue weighted by atomic mass is 16.5. The van der Waals surface area contributed by atoms with Crippen LogP contribution in [0.4, 0.5) is 0 Å². The van der Waals surface area contributed by atoms with Gasteiger partial charge in [-0.25, -0.2) is 0 Å². The number of likely N-dealkylation sites (tertiary alicyclic amines) is 1. The van der Waals surface area contributed by atoms with Gasteiger partial charge in [-0.15, -0.1) is 0 Å².